The molecule has 3 aromatic rings. The Morgan fingerprint density at radius 2 is 2.06 bits per heavy atom. The molecule has 1 aromatic carbocycles. The Hall–Kier alpha value is -3.11. The number of ether oxygens (including phenoxy) is 1. The van der Waals surface area contributed by atoms with Crippen LogP contribution in [-0.4, -0.2) is 45.1 Å². The van der Waals surface area contributed by atoms with Crippen LogP contribution in [0.2, 0.25) is 0 Å². The summed E-state index contributed by atoms with van der Waals surface area (Å²) in [5, 5.41) is 21.1. The zero-order valence-electron chi connectivity index (χ0n) is 17.6. The van der Waals surface area contributed by atoms with Gasteiger partial charge in [-0.1, -0.05) is 18.2 Å². The first-order valence-electron chi connectivity index (χ1n) is 10.1. The van der Waals surface area contributed by atoms with Crippen LogP contribution in [0.15, 0.2) is 30.3 Å². The molecule has 4 rings (SSSR count). The van der Waals surface area contributed by atoms with Gasteiger partial charge < -0.3 is 15.2 Å². The van der Waals surface area contributed by atoms with Crippen LogP contribution in [-0.2, 0) is 10.7 Å². The van der Waals surface area contributed by atoms with E-state index in [1.807, 2.05) is 6.08 Å². The quantitative estimate of drug-likeness (QED) is 0.594. The average Bonchev–Trinajstić information content (AvgIpc) is 2.79. The van der Waals surface area contributed by atoms with Gasteiger partial charge in [0.15, 0.2) is 5.65 Å². The number of nitrogens with one attached hydrogen (secondary N) is 1. The first kappa shape index (κ1) is 22.1. The van der Waals surface area contributed by atoms with Crippen LogP contribution in [0.4, 0.5) is 19.0 Å². The van der Waals surface area contributed by atoms with Gasteiger partial charge in [-0.2, -0.15) is 8.78 Å². The van der Waals surface area contributed by atoms with Crippen molar-refractivity contribution in [1.82, 2.24) is 20.2 Å². The first-order chi connectivity index (χ1) is 15.3. The van der Waals surface area contributed by atoms with Crippen molar-refractivity contribution in [2.24, 2.45) is 0 Å². The van der Waals surface area contributed by atoms with Crippen LogP contribution < -0.4 is 5.32 Å². The van der Waals surface area contributed by atoms with Gasteiger partial charge in [-0.25, -0.2) is 14.4 Å². The van der Waals surface area contributed by atoms with Crippen LogP contribution in [0.5, 0.6) is 0 Å². The van der Waals surface area contributed by atoms with E-state index in [4.69, 9.17) is 9.84 Å². The number of aromatic nitrogens is 4. The standard InChI is InChI=1S/C22H22F3N5O2/c1-12(15-4-3-5-17(19(15)23)22(24,25)11-31)26-20-16-10-18(14-6-8-32-9-7-14)29-30-21(16)28-13(2)27-20/h3-6,10,12,31H,7-9,11H2,1-2H3,(H,26,27,28,30)/t12-/m1/s1. The molecule has 7 nitrogen and oxygen atoms in total. The number of fused-ring (bicyclic) bond motifs is 1. The Morgan fingerprint density at radius 3 is 2.78 bits per heavy atom. The normalized spacial score (nSPS) is 15.5. The van der Waals surface area contributed by atoms with Crippen LogP contribution in [0, 0.1) is 12.7 Å². The van der Waals surface area contributed by atoms with Gasteiger partial charge in [0.1, 0.15) is 24.1 Å². The summed E-state index contributed by atoms with van der Waals surface area (Å²) in [5.74, 6) is -3.93. The SMILES string of the molecule is Cc1nc(N[C@H](C)c2cccc(C(F)(F)CO)c2F)c2cc(C3=CCOCC3)nnc2n1. The predicted octanol–water partition coefficient (Wildman–Crippen LogP) is 3.93. The second-order valence-electron chi connectivity index (χ2n) is 7.58. The van der Waals surface area contributed by atoms with Crippen molar-refractivity contribution in [1.29, 1.82) is 0 Å². The van der Waals surface area contributed by atoms with Crippen molar-refractivity contribution in [3.63, 3.8) is 0 Å². The van der Waals surface area contributed by atoms with E-state index in [0.29, 0.717) is 48.0 Å². The van der Waals surface area contributed by atoms with E-state index in [0.717, 1.165) is 11.6 Å². The third-order valence-corrected chi connectivity index (χ3v) is 5.30. The summed E-state index contributed by atoms with van der Waals surface area (Å²) in [6, 6.07) is 4.81. The monoisotopic (exact) mass is 445 g/mol. The number of benzene rings is 1. The molecular formula is C22H22F3N5O2. The van der Waals surface area contributed by atoms with E-state index in [1.165, 1.54) is 12.1 Å². The molecule has 0 amide bonds. The number of aryl methyl sites for hydroxylation is 1. The molecule has 32 heavy (non-hydrogen) atoms. The third-order valence-electron chi connectivity index (χ3n) is 5.30. The maximum Gasteiger partial charge on any atom is 0.298 e. The molecule has 0 saturated carbocycles. The molecule has 1 atom stereocenters. The average molecular weight is 445 g/mol. The minimum Gasteiger partial charge on any atom is -0.390 e. The molecule has 10 heteroatoms. The molecular weight excluding hydrogens is 423 g/mol. The highest BCUT2D eigenvalue weighted by Gasteiger charge is 2.35. The summed E-state index contributed by atoms with van der Waals surface area (Å²) < 4.78 is 48.1. The van der Waals surface area contributed by atoms with Gasteiger partial charge in [0.05, 0.1) is 35.9 Å². The molecule has 168 valence electrons. The van der Waals surface area contributed by atoms with Crippen LogP contribution in [0.25, 0.3) is 16.6 Å². The maximum absolute atomic E-state index is 14.9. The van der Waals surface area contributed by atoms with Crippen LogP contribution in [0.3, 0.4) is 0 Å². The number of hydrogen-bond acceptors (Lipinski definition) is 7. The molecule has 1 aliphatic rings. The van der Waals surface area contributed by atoms with E-state index in [1.54, 1.807) is 19.9 Å². The smallest absolute Gasteiger partial charge is 0.298 e. The molecule has 0 saturated heterocycles. The van der Waals surface area contributed by atoms with Crippen LogP contribution >= 0.6 is 0 Å². The number of alkyl halides is 2. The summed E-state index contributed by atoms with van der Waals surface area (Å²) in [4.78, 5) is 8.73. The second-order valence-corrected chi connectivity index (χ2v) is 7.58. The predicted molar refractivity (Wildman–Crippen MR) is 113 cm³/mol. The van der Waals surface area contributed by atoms with Gasteiger partial charge >= 0.3 is 0 Å². The van der Waals surface area contributed by atoms with Crippen molar-refractivity contribution in [3.8, 4) is 0 Å². The van der Waals surface area contributed by atoms with Gasteiger partial charge in [-0.3, -0.25) is 0 Å². The van der Waals surface area contributed by atoms with Crippen molar-refractivity contribution in [2.75, 3.05) is 25.1 Å². The summed E-state index contributed by atoms with van der Waals surface area (Å²) >= 11 is 0. The largest absolute Gasteiger partial charge is 0.390 e. The topological polar surface area (TPSA) is 93.1 Å². The number of halogens is 3. The highest BCUT2D eigenvalue weighted by Crippen LogP contribution is 2.34. The van der Waals surface area contributed by atoms with Crippen molar-refractivity contribution in [2.45, 2.75) is 32.2 Å². The Labute approximate surface area is 182 Å². The minimum atomic E-state index is -3.68. The lowest BCUT2D eigenvalue weighted by molar-refractivity contribution is -0.0583. The molecule has 0 aliphatic carbocycles. The fraction of sp³-hybridized carbons (Fsp3) is 0.364. The number of rotatable bonds is 6. The molecule has 0 fully saturated rings. The van der Waals surface area contributed by atoms with Crippen molar-refractivity contribution in [3.05, 3.63) is 58.8 Å². The summed E-state index contributed by atoms with van der Waals surface area (Å²) in [6.07, 6.45) is 2.63. The zero-order valence-corrected chi connectivity index (χ0v) is 17.6. The van der Waals surface area contributed by atoms with Gasteiger partial charge in [-0.15, -0.1) is 10.2 Å². The Morgan fingerprint density at radius 1 is 1.25 bits per heavy atom. The Kier molecular flexibility index (Phi) is 6.07. The van der Waals surface area contributed by atoms with E-state index < -0.39 is 30.0 Å². The van der Waals surface area contributed by atoms with Crippen molar-refractivity contribution >= 4 is 22.4 Å². The fourth-order valence-corrected chi connectivity index (χ4v) is 3.60. The van der Waals surface area contributed by atoms with Gasteiger partial charge in [0.2, 0.25) is 0 Å². The summed E-state index contributed by atoms with van der Waals surface area (Å²) in [5.41, 5.74) is 1.20. The zero-order chi connectivity index (χ0) is 22.9. The van der Waals surface area contributed by atoms with Gasteiger partial charge in [0, 0.05) is 5.56 Å². The number of aliphatic hydroxyl groups excluding tert-OH is 1. The van der Waals surface area contributed by atoms with Crippen molar-refractivity contribution < 1.29 is 23.0 Å². The van der Waals surface area contributed by atoms with E-state index in [9.17, 15) is 13.2 Å². The number of hydrogen-bond donors (Lipinski definition) is 2. The first-order valence-corrected chi connectivity index (χ1v) is 10.1. The molecule has 0 bridgehead atoms. The van der Waals surface area contributed by atoms with Crippen LogP contribution in [0.1, 0.15) is 42.0 Å². The molecule has 3 heterocycles. The van der Waals surface area contributed by atoms with E-state index >= 15 is 0 Å². The number of aliphatic hydroxyl groups is 1. The molecule has 0 radical (unpaired) electrons. The highest BCUT2D eigenvalue weighted by atomic mass is 19.3. The lowest BCUT2D eigenvalue weighted by Crippen LogP contribution is -2.22. The summed E-state index contributed by atoms with van der Waals surface area (Å²) in [6.45, 7) is 2.93. The third kappa shape index (κ3) is 4.28. The van der Waals surface area contributed by atoms with Gasteiger partial charge in [-0.05, 0) is 38.0 Å². The Balaban J connectivity index is 1.72. The minimum absolute atomic E-state index is 0.0226. The maximum atomic E-state index is 14.9. The number of nitrogens with zero attached hydrogens (tertiary/aromatic N) is 4. The lowest BCUT2D eigenvalue weighted by Gasteiger charge is -2.21. The molecule has 2 N–H and O–H groups in total. The molecule has 0 unspecified atom stereocenters. The van der Waals surface area contributed by atoms with Gasteiger partial charge in [0.25, 0.3) is 5.92 Å². The number of anilines is 1. The Bertz CT molecular complexity index is 1190. The summed E-state index contributed by atoms with van der Waals surface area (Å²) in [7, 11) is 0. The highest BCUT2D eigenvalue weighted by molar-refractivity contribution is 5.88. The molecule has 2 aromatic heterocycles. The molecule has 0 spiro atoms. The second kappa shape index (κ2) is 8.79. The van der Waals surface area contributed by atoms with E-state index in [-0.39, 0.29) is 5.56 Å². The van der Waals surface area contributed by atoms with E-state index in [2.05, 4.69) is 25.5 Å². The lowest BCUT2D eigenvalue weighted by atomic mass is 10.00. The fourth-order valence-electron chi connectivity index (χ4n) is 3.60. The molecule has 1 aliphatic heterocycles.